The number of imide groups is 1. The molecule has 9 atom stereocenters. The summed E-state index contributed by atoms with van der Waals surface area (Å²) < 4.78 is 0. The highest BCUT2D eigenvalue weighted by atomic mass is 16.2. The summed E-state index contributed by atoms with van der Waals surface area (Å²) in [6, 6.07) is 22.3. The number of anilines is 1. The number of rotatable bonds is 10. The van der Waals surface area contributed by atoms with Gasteiger partial charge in [0, 0.05) is 17.3 Å². The number of Topliss-reactive ketones (excluding diaryl/α,β-unsaturated/α-hetero) is 2. The van der Waals surface area contributed by atoms with E-state index in [1.54, 1.807) is 6.07 Å². The molecule has 256 valence electrons. The fourth-order valence-corrected chi connectivity index (χ4v) is 11.0. The van der Waals surface area contributed by atoms with Crippen molar-refractivity contribution in [2.75, 3.05) is 4.90 Å². The van der Waals surface area contributed by atoms with Gasteiger partial charge >= 0.3 is 0 Å². The van der Waals surface area contributed by atoms with Crippen LogP contribution < -0.4 is 4.90 Å². The maximum absolute atomic E-state index is 14.3. The second-order valence-corrected chi connectivity index (χ2v) is 15.9. The zero-order valence-electron chi connectivity index (χ0n) is 29.1. The predicted molar refractivity (Wildman–Crippen MR) is 199 cm³/mol. The number of hydrogen-bond acceptors (Lipinski definition) is 4. The van der Waals surface area contributed by atoms with Gasteiger partial charge in [0.1, 0.15) is 5.92 Å². The second kappa shape index (κ2) is 11.8. The molecule has 4 fully saturated rings. The highest BCUT2D eigenvalue weighted by molar-refractivity contribution is 6.23. The maximum Gasteiger partial charge on any atom is 0.238 e. The fourth-order valence-electron chi connectivity index (χ4n) is 11.0. The van der Waals surface area contributed by atoms with Gasteiger partial charge in [-0.2, -0.15) is 0 Å². The molecule has 9 unspecified atom stereocenters. The smallest absolute Gasteiger partial charge is 0.238 e. The van der Waals surface area contributed by atoms with E-state index in [4.69, 9.17) is 0 Å². The van der Waals surface area contributed by atoms with Crippen molar-refractivity contribution in [1.29, 1.82) is 0 Å². The number of aryl methyl sites for hydroxylation is 3. The van der Waals surface area contributed by atoms with Crippen molar-refractivity contribution in [3.8, 4) is 0 Å². The van der Waals surface area contributed by atoms with E-state index >= 15 is 0 Å². The van der Waals surface area contributed by atoms with E-state index < -0.39 is 11.8 Å². The first-order valence-corrected chi connectivity index (χ1v) is 18.6. The number of carbonyl (C=O) groups excluding carboxylic acids is 4. The average molecular weight is 674 g/mol. The molecule has 5 aliphatic carbocycles. The molecule has 1 heterocycles. The van der Waals surface area contributed by atoms with Crippen molar-refractivity contribution >= 4 is 41.2 Å². The van der Waals surface area contributed by atoms with Gasteiger partial charge in [0.05, 0.1) is 17.5 Å². The highest BCUT2D eigenvalue weighted by Gasteiger charge is 2.66. The molecule has 3 saturated carbocycles. The quantitative estimate of drug-likeness (QED) is 0.123. The van der Waals surface area contributed by atoms with Crippen LogP contribution in [-0.4, -0.2) is 23.4 Å². The Labute approximate surface area is 299 Å². The zero-order valence-corrected chi connectivity index (χ0v) is 29.1. The summed E-state index contributed by atoms with van der Waals surface area (Å²) in [5.41, 5.74) is 7.56. The van der Waals surface area contributed by atoms with Gasteiger partial charge in [-0.25, -0.2) is 4.90 Å². The number of hydrogen-bond donors (Lipinski definition) is 0. The molecule has 0 spiro atoms. The lowest BCUT2D eigenvalue weighted by molar-refractivity contribution is -0.126. The van der Waals surface area contributed by atoms with Crippen LogP contribution in [0.25, 0.3) is 12.2 Å². The molecule has 3 aromatic carbocycles. The normalized spacial score (nSPS) is 32.6. The summed E-state index contributed by atoms with van der Waals surface area (Å²) in [4.78, 5) is 58.3. The van der Waals surface area contributed by atoms with Crippen LogP contribution in [0.4, 0.5) is 5.69 Å². The molecule has 3 aromatic rings. The number of ketones is 2. The van der Waals surface area contributed by atoms with E-state index in [9.17, 15) is 19.2 Å². The summed E-state index contributed by atoms with van der Waals surface area (Å²) in [5.74, 6) is -2.23. The number of carbonyl (C=O) groups is 4. The van der Waals surface area contributed by atoms with Gasteiger partial charge in [0.2, 0.25) is 11.8 Å². The highest BCUT2D eigenvalue weighted by Crippen LogP contribution is 2.63. The van der Waals surface area contributed by atoms with Crippen LogP contribution in [0, 0.1) is 53.8 Å². The van der Waals surface area contributed by atoms with Gasteiger partial charge in [-0.1, -0.05) is 104 Å². The minimum Gasteiger partial charge on any atom is -0.298 e. The Balaban J connectivity index is 0.941. The Morgan fingerprint density at radius 3 is 2.12 bits per heavy atom. The van der Waals surface area contributed by atoms with E-state index in [1.807, 2.05) is 31.2 Å². The fraction of sp³-hybridized carbons (Fsp3) is 0.348. The Hall–Kier alpha value is -4.90. The number of fused-ring (bicyclic) bond motifs is 10. The number of allylic oxidation sites excluding steroid dienone is 4. The molecule has 1 saturated heterocycles. The molecule has 1 aliphatic heterocycles. The Bertz CT molecular complexity index is 2090. The van der Waals surface area contributed by atoms with Gasteiger partial charge in [-0.15, -0.1) is 0 Å². The van der Waals surface area contributed by atoms with E-state index in [2.05, 4.69) is 79.9 Å². The van der Waals surface area contributed by atoms with Gasteiger partial charge in [-0.3, -0.25) is 19.2 Å². The summed E-state index contributed by atoms with van der Waals surface area (Å²) in [6.45, 7) is 9.61. The summed E-state index contributed by atoms with van der Waals surface area (Å²) in [5, 5.41) is 0. The Kier molecular flexibility index (Phi) is 7.43. The van der Waals surface area contributed by atoms with Crippen molar-refractivity contribution in [3.63, 3.8) is 0 Å². The lowest BCUT2D eigenvalue weighted by Crippen LogP contribution is -2.36. The van der Waals surface area contributed by atoms with E-state index in [-0.39, 0.29) is 64.3 Å². The van der Waals surface area contributed by atoms with Crippen LogP contribution in [-0.2, 0) is 32.0 Å². The third-order valence-electron chi connectivity index (χ3n) is 13.5. The second-order valence-electron chi connectivity index (χ2n) is 15.9. The minimum absolute atomic E-state index is 0.00586. The van der Waals surface area contributed by atoms with Crippen LogP contribution in [0.15, 0.2) is 104 Å². The molecule has 6 aliphatic rings. The molecule has 0 aromatic heterocycles. The van der Waals surface area contributed by atoms with Crippen molar-refractivity contribution in [1.82, 2.24) is 0 Å². The molecular formula is C46H43NO4. The van der Waals surface area contributed by atoms with E-state index in [0.29, 0.717) is 11.3 Å². The third-order valence-corrected chi connectivity index (χ3v) is 13.5. The van der Waals surface area contributed by atoms with Crippen molar-refractivity contribution < 1.29 is 19.2 Å². The molecule has 51 heavy (non-hydrogen) atoms. The molecule has 2 amide bonds. The van der Waals surface area contributed by atoms with Crippen LogP contribution in [0.1, 0.15) is 65.0 Å². The minimum atomic E-state index is -0.853. The largest absolute Gasteiger partial charge is 0.298 e. The monoisotopic (exact) mass is 673 g/mol. The van der Waals surface area contributed by atoms with Crippen LogP contribution in [0.3, 0.4) is 0 Å². The first-order chi connectivity index (χ1) is 24.7. The van der Waals surface area contributed by atoms with Gasteiger partial charge in [-0.05, 0) is 109 Å². The van der Waals surface area contributed by atoms with E-state index in [1.165, 1.54) is 21.6 Å². The molecule has 0 radical (unpaired) electrons. The standard InChI is InChI=1S/C46H43NO4/c1-4-27-7-11-29(12-8-27)15-16-31-22-33-23-36(31)39-37(33)42(48)40(43(39)49)35-24-34(17-6-26(35)3)47-44(50)38-32-19-21-46(25-32,41(38)45(47)51)20-18-30-13-9-28(5-2)10-14-30/h4-14,17,19,21-22,24,32-33,36-41H,1-2,15-16,18,20,23,25H2,3H3. The first-order valence-electron chi connectivity index (χ1n) is 18.6. The first kappa shape index (κ1) is 32.0. The Morgan fingerprint density at radius 2 is 1.43 bits per heavy atom. The van der Waals surface area contributed by atoms with Crippen LogP contribution >= 0.6 is 0 Å². The maximum atomic E-state index is 14.3. The van der Waals surface area contributed by atoms with Crippen molar-refractivity contribution in [3.05, 3.63) is 137 Å². The van der Waals surface area contributed by atoms with E-state index in [0.717, 1.165) is 55.2 Å². The van der Waals surface area contributed by atoms with Crippen LogP contribution in [0.5, 0.6) is 0 Å². The number of benzene rings is 3. The lowest BCUT2D eigenvalue weighted by Gasteiger charge is -2.31. The average Bonchev–Trinajstić information content (AvgIpc) is 3.99. The van der Waals surface area contributed by atoms with Gasteiger partial charge in [0.25, 0.3) is 0 Å². The molecule has 0 N–H and O–H groups in total. The van der Waals surface area contributed by atoms with Crippen molar-refractivity contribution in [2.45, 2.75) is 51.4 Å². The molecule has 5 heteroatoms. The SMILES string of the molecule is C=Cc1ccc(CCC2=CC3CC2C2C(=O)C(c4cc(N5C(=O)C6C7C=CC(CCc8ccc(C=C)cc8)(C7)C6C5=O)ccc4C)C(=O)C32)cc1. The van der Waals surface area contributed by atoms with Gasteiger partial charge < -0.3 is 0 Å². The summed E-state index contributed by atoms with van der Waals surface area (Å²) in [7, 11) is 0. The third kappa shape index (κ3) is 4.80. The molecular weight excluding hydrogens is 631 g/mol. The van der Waals surface area contributed by atoms with Gasteiger partial charge in [0.15, 0.2) is 11.6 Å². The molecule has 5 nitrogen and oxygen atoms in total. The number of amides is 2. The lowest BCUT2D eigenvalue weighted by atomic mass is 9.71. The topological polar surface area (TPSA) is 71.5 Å². The molecule has 9 rings (SSSR count). The summed E-state index contributed by atoms with van der Waals surface area (Å²) >= 11 is 0. The van der Waals surface area contributed by atoms with Crippen molar-refractivity contribution in [2.24, 2.45) is 46.8 Å². The molecule has 4 bridgehead atoms. The summed E-state index contributed by atoms with van der Waals surface area (Å²) in [6.07, 6.45) is 15.4. The number of nitrogens with zero attached hydrogens (tertiary/aromatic N) is 1. The van der Waals surface area contributed by atoms with Crippen LogP contribution in [0.2, 0.25) is 0 Å². The Morgan fingerprint density at radius 1 is 0.765 bits per heavy atom. The zero-order chi connectivity index (χ0) is 35.2. The predicted octanol–water partition coefficient (Wildman–Crippen LogP) is 8.27.